The molecular formula is C30H31NO2. The minimum atomic E-state index is -0.504. The van der Waals surface area contributed by atoms with Crippen molar-refractivity contribution in [2.24, 2.45) is 11.3 Å². The van der Waals surface area contributed by atoms with Crippen molar-refractivity contribution in [2.45, 2.75) is 37.3 Å². The SMILES string of the molecule is COc1ccc2c(c1)[C@]1(/C=C/c3ccccc3)OCC3(CCCC3)[C@@H]1[C@@H](c1ccccc1)N2. The van der Waals surface area contributed by atoms with Crippen LogP contribution < -0.4 is 10.1 Å². The Kier molecular flexibility index (Phi) is 5.03. The predicted octanol–water partition coefficient (Wildman–Crippen LogP) is 6.98. The Hall–Kier alpha value is -3.04. The zero-order valence-electron chi connectivity index (χ0n) is 19.2. The van der Waals surface area contributed by atoms with E-state index in [9.17, 15) is 0 Å². The smallest absolute Gasteiger partial charge is 0.119 e. The van der Waals surface area contributed by atoms with Gasteiger partial charge in [-0.2, -0.15) is 0 Å². The molecule has 0 amide bonds. The summed E-state index contributed by atoms with van der Waals surface area (Å²) in [5.74, 6) is 1.17. The standard InChI is InChI=1S/C30H31NO2/c1-32-24-14-15-26-25(20-24)30(19-16-22-10-4-2-5-11-22)28(29(21-33-30)17-8-9-18-29)27(31-26)23-12-6-3-7-13-23/h2-7,10-16,19-20,27-28,31H,8-9,17-18,21H2,1H3/b19-16+/t27-,28+,30+/m1/s1. The molecule has 2 aliphatic heterocycles. The number of rotatable bonds is 4. The summed E-state index contributed by atoms with van der Waals surface area (Å²) in [6, 6.07) is 28.1. The van der Waals surface area contributed by atoms with Crippen molar-refractivity contribution in [1.29, 1.82) is 0 Å². The van der Waals surface area contributed by atoms with Gasteiger partial charge >= 0.3 is 0 Å². The maximum Gasteiger partial charge on any atom is 0.119 e. The molecule has 2 fully saturated rings. The first-order chi connectivity index (χ1) is 16.2. The highest BCUT2D eigenvalue weighted by molar-refractivity contribution is 5.65. The molecule has 0 bridgehead atoms. The van der Waals surface area contributed by atoms with Gasteiger partial charge in [-0.1, -0.05) is 79.6 Å². The van der Waals surface area contributed by atoms with E-state index in [1.54, 1.807) is 7.11 Å². The molecule has 0 radical (unpaired) electrons. The summed E-state index contributed by atoms with van der Waals surface area (Å²) >= 11 is 0. The fourth-order valence-corrected chi connectivity index (χ4v) is 6.59. The summed E-state index contributed by atoms with van der Waals surface area (Å²) in [6.07, 6.45) is 9.61. The molecule has 3 atom stereocenters. The Morgan fingerprint density at radius 2 is 1.67 bits per heavy atom. The largest absolute Gasteiger partial charge is 0.497 e. The molecule has 1 N–H and O–H groups in total. The fourth-order valence-electron chi connectivity index (χ4n) is 6.59. The number of benzene rings is 3. The van der Waals surface area contributed by atoms with Gasteiger partial charge in [0.15, 0.2) is 0 Å². The number of methoxy groups -OCH3 is 1. The van der Waals surface area contributed by atoms with Crippen LogP contribution in [0, 0.1) is 11.3 Å². The molecule has 33 heavy (non-hydrogen) atoms. The van der Waals surface area contributed by atoms with Crippen LogP contribution in [0.15, 0.2) is 84.9 Å². The third kappa shape index (κ3) is 3.29. The van der Waals surface area contributed by atoms with Crippen LogP contribution in [0.2, 0.25) is 0 Å². The van der Waals surface area contributed by atoms with Gasteiger partial charge in [0.25, 0.3) is 0 Å². The summed E-state index contributed by atoms with van der Waals surface area (Å²) < 4.78 is 12.7. The second-order valence-corrected chi connectivity index (χ2v) is 9.82. The summed E-state index contributed by atoms with van der Waals surface area (Å²) in [6.45, 7) is 0.804. The topological polar surface area (TPSA) is 30.5 Å². The molecule has 168 valence electrons. The van der Waals surface area contributed by atoms with Gasteiger partial charge in [0.1, 0.15) is 11.4 Å². The normalized spacial score (nSPS) is 27.3. The molecular weight excluding hydrogens is 406 g/mol. The van der Waals surface area contributed by atoms with Crippen LogP contribution in [-0.2, 0) is 10.3 Å². The number of nitrogens with one attached hydrogen (secondary N) is 1. The van der Waals surface area contributed by atoms with Crippen LogP contribution in [0.25, 0.3) is 6.08 Å². The van der Waals surface area contributed by atoms with E-state index in [0.717, 1.165) is 18.0 Å². The Morgan fingerprint density at radius 3 is 2.39 bits per heavy atom. The molecule has 1 saturated heterocycles. The summed E-state index contributed by atoms with van der Waals surface area (Å²) in [5.41, 5.74) is 4.52. The first-order valence-corrected chi connectivity index (χ1v) is 12.1. The lowest BCUT2D eigenvalue weighted by Gasteiger charge is -2.48. The Bertz CT molecular complexity index is 1150. The highest BCUT2D eigenvalue weighted by atomic mass is 16.5. The minimum absolute atomic E-state index is 0.176. The average Bonchev–Trinajstić information content (AvgIpc) is 3.49. The van der Waals surface area contributed by atoms with Gasteiger partial charge in [0, 0.05) is 22.6 Å². The number of hydrogen-bond acceptors (Lipinski definition) is 3. The molecule has 3 aromatic carbocycles. The van der Waals surface area contributed by atoms with Crippen molar-refractivity contribution in [2.75, 3.05) is 19.0 Å². The van der Waals surface area contributed by atoms with Crippen molar-refractivity contribution in [1.82, 2.24) is 0 Å². The van der Waals surface area contributed by atoms with Crippen LogP contribution in [0.4, 0.5) is 5.69 Å². The van der Waals surface area contributed by atoms with Gasteiger partial charge in [-0.25, -0.2) is 0 Å². The summed E-state index contributed by atoms with van der Waals surface area (Å²) in [5, 5.41) is 3.94. The Balaban J connectivity index is 1.57. The minimum Gasteiger partial charge on any atom is -0.497 e. The van der Waals surface area contributed by atoms with E-state index < -0.39 is 5.60 Å². The van der Waals surface area contributed by atoms with E-state index in [2.05, 4.69) is 90.3 Å². The molecule has 1 aliphatic carbocycles. The number of anilines is 1. The average molecular weight is 438 g/mol. The molecule has 1 saturated carbocycles. The first-order valence-electron chi connectivity index (χ1n) is 12.1. The zero-order chi connectivity index (χ0) is 22.3. The van der Waals surface area contributed by atoms with Crippen LogP contribution in [-0.4, -0.2) is 13.7 Å². The highest BCUT2D eigenvalue weighted by Crippen LogP contribution is 2.65. The highest BCUT2D eigenvalue weighted by Gasteiger charge is 2.63. The fraction of sp³-hybridized carbons (Fsp3) is 0.333. The van der Waals surface area contributed by atoms with Crippen molar-refractivity contribution in [3.8, 4) is 5.75 Å². The molecule has 0 unspecified atom stereocenters. The second kappa shape index (κ2) is 8.07. The van der Waals surface area contributed by atoms with Gasteiger partial charge < -0.3 is 14.8 Å². The quantitative estimate of drug-likeness (QED) is 0.478. The third-order valence-electron chi connectivity index (χ3n) is 8.09. The third-order valence-corrected chi connectivity index (χ3v) is 8.09. The number of fused-ring (bicyclic) bond motifs is 4. The van der Waals surface area contributed by atoms with Crippen LogP contribution in [0.3, 0.4) is 0 Å². The lowest BCUT2D eigenvalue weighted by atomic mass is 9.60. The summed E-state index contributed by atoms with van der Waals surface area (Å²) in [4.78, 5) is 0. The van der Waals surface area contributed by atoms with E-state index in [0.29, 0.717) is 5.92 Å². The van der Waals surface area contributed by atoms with Gasteiger partial charge in [0.2, 0.25) is 0 Å². The lowest BCUT2D eigenvalue weighted by molar-refractivity contribution is 0.00938. The van der Waals surface area contributed by atoms with Crippen molar-refractivity contribution in [3.05, 3.63) is 102 Å². The van der Waals surface area contributed by atoms with Crippen molar-refractivity contribution in [3.63, 3.8) is 0 Å². The van der Waals surface area contributed by atoms with Crippen molar-refractivity contribution >= 4 is 11.8 Å². The zero-order valence-corrected chi connectivity index (χ0v) is 19.2. The maximum atomic E-state index is 7.00. The van der Waals surface area contributed by atoms with Crippen molar-refractivity contribution < 1.29 is 9.47 Å². The molecule has 3 heteroatoms. The van der Waals surface area contributed by atoms with Gasteiger partial charge in [-0.05, 0) is 48.2 Å². The molecule has 3 aliphatic rings. The van der Waals surface area contributed by atoms with E-state index in [1.165, 1.54) is 42.4 Å². The molecule has 3 aromatic rings. The van der Waals surface area contributed by atoms with E-state index in [1.807, 2.05) is 6.07 Å². The monoisotopic (exact) mass is 437 g/mol. The molecule has 3 nitrogen and oxygen atoms in total. The van der Waals surface area contributed by atoms with Gasteiger partial charge in [-0.15, -0.1) is 0 Å². The Labute approximate surface area is 196 Å². The molecule has 2 heterocycles. The summed E-state index contributed by atoms with van der Waals surface area (Å²) in [7, 11) is 1.74. The maximum absolute atomic E-state index is 7.00. The molecule has 0 aromatic heterocycles. The Morgan fingerprint density at radius 1 is 0.939 bits per heavy atom. The first kappa shape index (κ1) is 20.6. The van der Waals surface area contributed by atoms with Crippen LogP contribution >= 0.6 is 0 Å². The second-order valence-electron chi connectivity index (χ2n) is 9.82. The predicted molar refractivity (Wildman–Crippen MR) is 133 cm³/mol. The lowest BCUT2D eigenvalue weighted by Crippen LogP contribution is -2.46. The van der Waals surface area contributed by atoms with E-state index in [-0.39, 0.29) is 11.5 Å². The number of ether oxygens (including phenoxy) is 2. The van der Waals surface area contributed by atoms with Crippen LogP contribution in [0.1, 0.15) is 48.4 Å². The van der Waals surface area contributed by atoms with Gasteiger partial charge in [-0.3, -0.25) is 0 Å². The number of hydrogen-bond donors (Lipinski definition) is 1. The molecule has 6 rings (SSSR count). The van der Waals surface area contributed by atoms with E-state index in [4.69, 9.17) is 9.47 Å². The van der Waals surface area contributed by atoms with E-state index >= 15 is 0 Å². The molecule has 1 spiro atoms. The van der Waals surface area contributed by atoms with Gasteiger partial charge in [0.05, 0.1) is 19.8 Å². The van der Waals surface area contributed by atoms with Crippen LogP contribution in [0.5, 0.6) is 5.75 Å².